The molecule has 0 fully saturated rings. The molecule has 2 heterocycles. The zero-order valence-electron chi connectivity index (χ0n) is 13.6. The van der Waals surface area contributed by atoms with Crippen LogP contribution < -0.4 is 5.73 Å². The first-order valence-electron chi connectivity index (χ1n) is 7.70. The molecule has 1 amide bonds. The third-order valence-corrected chi connectivity index (χ3v) is 4.48. The highest BCUT2D eigenvalue weighted by molar-refractivity contribution is 7.13. The first kappa shape index (κ1) is 16.9. The van der Waals surface area contributed by atoms with Crippen LogP contribution in [0.2, 0.25) is 0 Å². The van der Waals surface area contributed by atoms with Crippen molar-refractivity contribution in [3.8, 4) is 10.6 Å². The van der Waals surface area contributed by atoms with Crippen molar-refractivity contribution in [2.75, 3.05) is 0 Å². The molecule has 0 saturated carbocycles. The highest BCUT2D eigenvalue weighted by atomic mass is 32.1. The van der Waals surface area contributed by atoms with Crippen LogP contribution in [0.25, 0.3) is 10.6 Å². The van der Waals surface area contributed by atoms with E-state index in [0.717, 1.165) is 10.4 Å². The summed E-state index contributed by atoms with van der Waals surface area (Å²) >= 11 is 1.48. The number of primary amides is 1. The van der Waals surface area contributed by atoms with Gasteiger partial charge in [0.15, 0.2) is 6.10 Å². The number of amides is 1. The van der Waals surface area contributed by atoms with Gasteiger partial charge in [0.05, 0.1) is 11.4 Å². The van der Waals surface area contributed by atoms with E-state index < -0.39 is 18.0 Å². The Hall–Kier alpha value is -2.93. The van der Waals surface area contributed by atoms with Gasteiger partial charge in [-0.15, -0.1) is 11.3 Å². The third kappa shape index (κ3) is 3.95. The lowest BCUT2D eigenvalue weighted by Gasteiger charge is -2.08. The van der Waals surface area contributed by atoms with Gasteiger partial charge in [-0.05, 0) is 23.9 Å². The fraction of sp³-hybridized carbons (Fsp3) is 0.167. The van der Waals surface area contributed by atoms with Gasteiger partial charge in [-0.25, -0.2) is 4.79 Å². The molecule has 1 unspecified atom stereocenters. The Kier molecular flexibility index (Phi) is 4.95. The molecule has 25 heavy (non-hydrogen) atoms. The van der Waals surface area contributed by atoms with E-state index in [1.54, 1.807) is 10.9 Å². The summed E-state index contributed by atoms with van der Waals surface area (Å²) in [6.45, 7) is 1.97. The van der Waals surface area contributed by atoms with Crippen LogP contribution >= 0.6 is 11.3 Å². The highest BCUT2D eigenvalue weighted by Crippen LogP contribution is 2.27. The van der Waals surface area contributed by atoms with Gasteiger partial charge in [0.2, 0.25) is 0 Å². The molecule has 2 N–H and O–H groups in total. The van der Waals surface area contributed by atoms with Crippen LogP contribution in [0.1, 0.15) is 22.8 Å². The van der Waals surface area contributed by atoms with Crippen LogP contribution in [0.3, 0.4) is 0 Å². The quantitative estimate of drug-likeness (QED) is 0.689. The summed E-state index contributed by atoms with van der Waals surface area (Å²) in [5.41, 5.74) is 7.08. The van der Waals surface area contributed by atoms with Crippen LogP contribution in [0.4, 0.5) is 0 Å². The number of nitrogens with zero attached hydrogens (tertiary/aromatic N) is 2. The van der Waals surface area contributed by atoms with Crippen LogP contribution in [0, 0.1) is 0 Å². The van der Waals surface area contributed by atoms with Crippen molar-refractivity contribution in [3.05, 3.63) is 65.2 Å². The number of rotatable bonds is 6. The summed E-state index contributed by atoms with van der Waals surface area (Å²) < 4.78 is 6.83. The number of hydrogen-bond donors (Lipinski definition) is 1. The number of hydrogen-bond acceptors (Lipinski definition) is 5. The molecule has 1 aromatic carbocycles. The molecule has 0 saturated heterocycles. The van der Waals surface area contributed by atoms with Gasteiger partial charge in [-0.2, -0.15) is 5.10 Å². The Balaban J connectivity index is 1.92. The summed E-state index contributed by atoms with van der Waals surface area (Å²) in [4.78, 5) is 24.5. The minimum absolute atomic E-state index is 0.312. The largest absolute Gasteiger partial charge is 0.449 e. The lowest BCUT2D eigenvalue weighted by atomic mass is 10.2. The number of carbonyl (C=O) groups excluding carboxylic acids is 2. The summed E-state index contributed by atoms with van der Waals surface area (Å²) in [6.07, 6.45) is 0.638. The Morgan fingerprint density at radius 3 is 2.64 bits per heavy atom. The number of benzene rings is 1. The molecule has 0 bridgehead atoms. The van der Waals surface area contributed by atoms with Gasteiger partial charge in [-0.1, -0.05) is 36.4 Å². The average Bonchev–Trinajstić information content (AvgIpc) is 3.24. The molecule has 3 rings (SSSR count). The van der Waals surface area contributed by atoms with Crippen molar-refractivity contribution in [1.82, 2.24) is 9.78 Å². The Morgan fingerprint density at radius 1 is 1.24 bits per heavy atom. The molecule has 3 aromatic rings. The fourth-order valence-electron chi connectivity index (χ4n) is 2.30. The lowest BCUT2D eigenvalue weighted by molar-refractivity contribution is -0.125. The van der Waals surface area contributed by atoms with E-state index in [4.69, 9.17) is 10.5 Å². The Labute approximate surface area is 148 Å². The van der Waals surface area contributed by atoms with Crippen molar-refractivity contribution < 1.29 is 14.3 Å². The molecule has 7 heteroatoms. The van der Waals surface area contributed by atoms with E-state index in [0.29, 0.717) is 17.8 Å². The smallest absolute Gasteiger partial charge is 0.342 e. The Morgan fingerprint density at radius 2 is 2.00 bits per heavy atom. The van der Waals surface area contributed by atoms with E-state index in [9.17, 15) is 9.59 Å². The summed E-state index contributed by atoms with van der Waals surface area (Å²) in [5.74, 6) is -1.31. The van der Waals surface area contributed by atoms with Crippen molar-refractivity contribution >= 4 is 23.2 Å². The third-order valence-electron chi connectivity index (χ3n) is 3.61. The number of aromatic nitrogens is 2. The van der Waals surface area contributed by atoms with Gasteiger partial charge in [0.25, 0.3) is 5.91 Å². The second-order valence-corrected chi connectivity index (χ2v) is 6.45. The number of ether oxygens (including phenoxy) is 1. The second-order valence-electron chi connectivity index (χ2n) is 5.50. The zero-order chi connectivity index (χ0) is 17.8. The molecular weight excluding hydrogens is 338 g/mol. The normalized spacial score (nSPS) is 11.9. The zero-order valence-corrected chi connectivity index (χ0v) is 14.4. The SMILES string of the molecule is CC(OC(=O)c1cn(Cc2ccccc2)nc1-c1cccs1)C(N)=O. The fourth-order valence-corrected chi connectivity index (χ4v) is 3.02. The number of esters is 1. The molecule has 0 aliphatic heterocycles. The summed E-state index contributed by atoms with van der Waals surface area (Å²) in [7, 11) is 0. The predicted octanol–water partition coefficient (Wildman–Crippen LogP) is 2.69. The monoisotopic (exact) mass is 355 g/mol. The topological polar surface area (TPSA) is 87.2 Å². The summed E-state index contributed by atoms with van der Waals surface area (Å²) in [5, 5.41) is 6.44. The van der Waals surface area contributed by atoms with Crippen molar-refractivity contribution in [1.29, 1.82) is 0 Å². The molecular formula is C18H17N3O3S. The van der Waals surface area contributed by atoms with Gasteiger partial charge < -0.3 is 10.5 Å². The first-order chi connectivity index (χ1) is 12.0. The highest BCUT2D eigenvalue weighted by Gasteiger charge is 2.23. The maximum absolute atomic E-state index is 12.5. The molecule has 0 radical (unpaired) electrons. The minimum atomic E-state index is -0.999. The van der Waals surface area contributed by atoms with Gasteiger partial charge in [0, 0.05) is 6.20 Å². The van der Waals surface area contributed by atoms with Crippen molar-refractivity contribution in [2.24, 2.45) is 5.73 Å². The van der Waals surface area contributed by atoms with Gasteiger partial charge in [-0.3, -0.25) is 9.48 Å². The van der Waals surface area contributed by atoms with Crippen LogP contribution in [0.5, 0.6) is 0 Å². The average molecular weight is 355 g/mol. The van der Waals surface area contributed by atoms with Gasteiger partial charge >= 0.3 is 5.97 Å². The predicted molar refractivity (Wildman–Crippen MR) is 95.2 cm³/mol. The molecule has 128 valence electrons. The van der Waals surface area contributed by atoms with Crippen molar-refractivity contribution in [3.63, 3.8) is 0 Å². The van der Waals surface area contributed by atoms with Crippen LogP contribution in [-0.2, 0) is 16.1 Å². The molecule has 0 spiro atoms. The van der Waals surface area contributed by atoms with Crippen LogP contribution in [-0.4, -0.2) is 27.8 Å². The van der Waals surface area contributed by atoms with E-state index in [2.05, 4.69) is 5.10 Å². The van der Waals surface area contributed by atoms with E-state index >= 15 is 0 Å². The molecule has 6 nitrogen and oxygen atoms in total. The minimum Gasteiger partial charge on any atom is -0.449 e. The maximum Gasteiger partial charge on any atom is 0.342 e. The van der Waals surface area contributed by atoms with Crippen LogP contribution in [0.15, 0.2) is 54.0 Å². The van der Waals surface area contributed by atoms with E-state index in [1.807, 2.05) is 47.8 Å². The van der Waals surface area contributed by atoms with E-state index in [1.165, 1.54) is 18.3 Å². The van der Waals surface area contributed by atoms with E-state index in [-0.39, 0.29) is 0 Å². The standard InChI is InChI=1S/C18H17N3O3S/c1-12(17(19)22)24-18(23)14-11-21(10-13-6-3-2-4-7-13)20-16(14)15-8-5-9-25-15/h2-9,11-12H,10H2,1H3,(H2,19,22). The Bertz CT molecular complexity index is 872. The lowest BCUT2D eigenvalue weighted by Crippen LogP contribution is -2.30. The first-order valence-corrected chi connectivity index (χ1v) is 8.58. The summed E-state index contributed by atoms with van der Waals surface area (Å²) in [6, 6.07) is 13.6. The number of nitrogens with two attached hydrogens (primary N) is 1. The second kappa shape index (κ2) is 7.31. The van der Waals surface area contributed by atoms with Crippen molar-refractivity contribution in [2.45, 2.75) is 19.6 Å². The molecule has 0 aliphatic rings. The van der Waals surface area contributed by atoms with Gasteiger partial charge in [0.1, 0.15) is 11.3 Å². The molecule has 1 atom stereocenters. The molecule has 2 aromatic heterocycles. The number of thiophene rings is 1. The maximum atomic E-state index is 12.5. The molecule has 0 aliphatic carbocycles. The number of carbonyl (C=O) groups is 2.